The van der Waals surface area contributed by atoms with Crippen molar-refractivity contribution in [1.82, 2.24) is 0 Å². The third kappa shape index (κ3) is 0.952. The first-order valence-corrected chi connectivity index (χ1v) is 2.73. The van der Waals surface area contributed by atoms with Crippen LogP contribution in [0.5, 0.6) is 0 Å². The van der Waals surface area contributed by atoms with Gasteiger partial charge in [-0.2, -0.15) is 0 Å². The van der Waals surface area contributed by atoms with Crippen LogP contribution in [0.25, 0.3) is 0 Å². The Bertz CT molecular complexity index is 94.4. The Kier molecular flexibility index (Phi) is 1.05. The van der Waals surface area contributed by atoms with Gasteiger partial charge in [-0.1, -0.05) is 13.0 Å². The molecule has 0 heterocycles. The van der Waals surface area contributed by atoms with Gasteiger partial charge in [0.25, 0.3) is 0 Å². The van der Waals surface area contributed by atoms with E-state index in [2.05, 4.69) is 13.0 Å². The maximum Gasteiger partial charge on any atom is 0.00428 e. The molecule has 1 nitrogen and oxygen atoms in total. The molecule has 0 radical (unpaired) electrons. The van der Waals surface area contributed by atoms with Gasteiger partial charge < -0.3 is 5.73 Å². The molecule has 0 saturated carbocycles. The lowest BCUT2D eigenvalue weighted by Crippen LogP contribution is -1.93. The normalized spacial score (nSPS) is 30.4. The molecule has 40 valence electrons. The van der Waals surface area contributed by atoms with Crippen molar-refractivity contribution in [3.63, 3.8) is 0 Å². The van der Waals surface area contributed by atoms with Crippen LogP contribution in [0.2, 0.25) is 0 Å². The highest BCUT2D eigenvalue weighted by Gasteiger charge is 2.07. The van der Waals surface area contributed by atoms with Crippen LogP contribution in [0, 0.1) is 5.92 Å². The largest absolute Gasteiger partial charge is 0.402 e. The SMILES string of the molecule is C[C@H]1CC=C(N)C1. The minimum Gasteiger partial charge on any atom is -0.402 e. The van der Waals surface area contributed by atoms with Crippen molar-refractivity contribution in [3.05, 3.63) is 11.8 Å². The number of allylic oxidation sites excluding steroid dienone is 2. The van der Waals surface area contributed by atoms with E-state index in [1.54, 1.807) is 0 Å². The molecule has 1 aliphatic rings. The Morgan fingerprint density at radius 3 is 2.71 bits per heavy atom. The van der Waals surface area contributed by atoms with Crippen molar-refractivity contribution >= 4 is 0 Å². The van der Waals surface area contributed by atoms with E-state index in [1.165, 1.54) is 6.42 Å². The van der Waals surface area contributed by atoms with E-state index in [4.69, 9.17) is 5.73 Å². The summed E-state index contributed by atoms with van der Waals surface area (Å²) in [4.78, 5) is 0. The molecule has 0 aromatic carbocycles. The standard InChI is InChI=1S/C6H11N/c1-5-2-3-6(7)4-5/h3,5H,2,4,7H2,1H3/t5-/m0/s1. The lowest BCUT2D eigenvalue weighted by atomic mass is 10.1. The predicted octanol–water partition coefficient (Wildman–Crippen LogP) is 1.26. The Morgan fingerprint density at radius 2 is 2.57 bits per heavy atom. The molecule has 0 saturated heterocycles. The molecule has 1 aliphatic carbocycles. The molecule has 0 amide bonds. The lowest BCUT2D eigenvalue weighted by Gasteiger charge is -1.95. The van der Waals surface area contributed by atoms with Gasteiger partial charge in [0.05, 0.1) is 0 Å². The summed E-state index contributed by atoms with van der Waals surface area (Å²) in [7, 11) is 0. The number of hydrogen-bond acceptors (Lipinski definition) is 1. The summed E-state index contributed by atoms with van der Waals surface area (Å²) >= 11 is 0. The molecule has 1 rings (SSSR count). The van der Waals surface area contributed by atoms with Crippen LogP contribution in [0.1, 0.15) is 19.8 Å². The van der Waals surface area contributed by atoms with E-state index >= 15 is 0 Å². The van der Waals surface area contributed by atoms with E-state index in [0.29, 0.717) is 0 Å². The van der Waals surface area contributed by atoms with E-state index < -0.39 is 0 Å². The van der Waals surface area contributed by atoms with Gasteiger partial charge >= 0.3 is 0 Å². The molecule has 0 aliphatic heterocycles. The van der Waals surface area contributed by atoms with Crippen LogP contribution in [-0.4, -0.2) is 0 Å². The van der Waals surface area contributed by atoms with Crippen LogP contribution in [0.3, 0.4) is 0 Å². The van der Waals surface area contributed by atoms with Gasteiger partial charge in [-0.3, -0.25) is 0 Å². The summed E-state index contributed by atoms with van der Waals surface area (Å²) in [6.45, 7) is 2.22. The van der Waals surface area contributed by atoms with Crippen molar-refractivity contribution in [1.29, 1.82) is 0 Å². The molecule has 1 atom stereocenters. The second kappa shape index (κ2) is 1.57. The molecule has 1 heteroatoms. The zero-order valence-electron chi connectivity index (χ0n) is 4.65. The fourth-order valence-electron chi connectivity index (χ4n) is 0.922. The fraction of sp³-hybridized carbons (Fsp3) is 0.667. The highest BCUT2D eigenvalue weighted by atomic mass is 14.6. The zero-order chi connectivity index (χ0) is 5.28. The van der Waals surface area contributed by atoms with Gasteiger partial charge in [-0.25, -0.2) is 0 Å². The van der Waals surface area contributed by atoms with Gasteiger partial charge in [-0.15, -0.1) is 0 Å². The quantitative estimate of drug-likeness (QED) is 0.484. The Balaban J connectivity index is 2.42. The number of nitrogens with two attached hydrogens (primary N) is 1. The first-order chi connectivity index (χ1) is 3.29. The Hall–Kier alpha value is -0.460. The van der Waals surface area contributed by atoms with Crippen LogP contribution in [-0.2, 0) is 0 Å². The van der Waals surface area contributed by atoms with Crippen LogP contribution in [0.4, 0.5) is 0 Å². The van der Waals surface area contributed by atoms with Crippen LogP contribution in [0.15, 0.2) is 11.8 Å². The van der Waals surface area contributed by atoms with E-state index in [9.17, 15) is 0 Å². The average Bonchev–Trinajstić information content (AvgIpc) is 1.87. The fourth-order valence-corrected chi connectivity index (χ4v) is 0.922. The van der Waals surface area contributed by atoms with Crippen molar-refractivity contribution in [2.45, 2.75) is 19.8 Å². The van der Waals surface area contributed by atoms with E-state index in [-0.39, 0.29) is 0 Å². The number of hydrogen-bond donors (Lipinski definition) is 1. The van der Waals surface area contributed by atoms with Crippen molar-refractivity contribution in [2.75, 3.05) is 0 Å². The molecule has 0 bridgehead atoms. The first kappa shape index (κ1) is 4.69. The van der Waals surface area contributed by atoms with Crippen molar-refractivity contribution in [3.8, 4) is 0 Å². The van der Waals surface area contributed by atoms with Gasteiger partial charge in [-0.05, 0) is 18.8 Å². The van der Waals surface area contributed by atoms with Gasteiger partial charge in [0.2, 0.25) is 0 Å². The number of rotatable bonds is 0. The van der Waals surface area contributed by atoms with Crippen LogP contribution >= 0.6 is 0 Å². The van der Waals surface area contributed by atoms with E-state index in [1.807, 2.05) is 0 Å². The molecule has 2 N–H and O–H groups in total. The van der Waals surface area contributed by atoms with Crippen LogP contribution < -0.4 is 5.73 Å². The topological polar surface area (TPSA) is 26.0 Å². The highest BCUT2D eigenvalue weighted by Crippen LogP contribution is 2.19. The van der Waals surface area contributed by atoms with Crippen molar-refractivity contribution in [2.24, 2.45) is 11.7 Å². The minimum atomic E-state index is 0.806. The molecule has 0 aromatic heterocycles. The smallest absolute Gasteiger partial charge is 0.00428 e. The molecule has 0 unspecified atom stereocenters. The Morgan fingerprint density at radius 1 is 1.86 bits per heavy atom. The maximum atomic E-state index is 5.49. The molecular weight excluding hydrogens is 86.1 g/mol. The summed E-state index contributed by atoms with van der Waals surface area (Å²) < 4.78 is 0. The summed E-state index contributed by atoms with van der Waals surface area (Å²) in [5.41, 5.74) is 6.56. The van der Waals surface area contributed by atoms with Gasteiger partial charge in [0, 0.05) is 5.70 Å². The zero-order valence-corrected chi connectivity index (χ0v) is 4.65. The van der Waals surface area contributed by atoms with E-state index in [0.717, 1.165) is 18.0 Å². The summed E-state index contributed by atoms with van der Waals surface area (Å²) in [5, 5.41) is 0. The molecule has 7 heavy (non-hydrogen) atoms. The third-order valence-electron chi connectivity index (χ3n) is 1.37. The minimum absolute atomic E-state index is 0.806. The predicted molar refractivity (Wildman–Crippen MR) is 30.7 cm³/mol. The third-order valence-corrected chi connectivity index (χ3v) is 1.37. The van der Waals surface area contributed by atoms with Gasteiger partial charge in [0.1, 0.15) is 0 Å². The van der Waals surface area contributed by atoms with Gasteiger partial charge in [0.15, 0.2) is 0 Å². The highest BCUT2D eigenvalue weighted by molar-refractivity contribution is 5.04. The maximum absolute atomic E-state index is 5.49. The second-order valence-electron chi connectivity index (χ2n) is 2.32. The first-order valence-electron chi connectivity index (χ1n) is 2.73. The average molecular weight is 97.2 g/mol. The summed E-state index contributed by atoms with van der Waals surface area (Å²) in [6.07, 6.45) is 4.41. The molecular formula is C6H11N. The second-order valence-corrected chi connectivity index (χ2v) is 2.32. The monoisotopic (exact) mass is 97.1 g/mol. The van der Waals surface area contributed by atoms with Crippen molar-refractivity contribution < 1.29 is 0 Å². The lowest BCUT2D eigenvalue weighted by molar-refractivity contribution is 0.626. The Labute approximate surface area is 44.2 Å². The molecule has 0 aromatic rings. The molecule has 0 spiro atoms. The summed E-state index contributed by atoms with van der Waals surface area (Å²) in [5.74, 6) is 0.806. The molecule has 0 fully saturated rings. The summed E-state index contributed by atoms with van der Waals surface area (Å²) in [6, 6.07) is 0.